The summed E-state index contributed by atoms with van der Waals surface area (Å²) in [5, 5.41) is 2.90. The third kappa shape index (κ3) is 8.15. The van der Waals surface area contributed by atoms with Gasteiger partial charge in [0.05, 0.1) is 25.7 Å². The van der Waals surface area contributed by atoms with E-state index in [1.165, 1.54) is 4.90 Å². The Kier molecular flexibility index (Phi) is 10.6. The summed E-state index contributed by atoms with van der Waals surface area (Å²) in [6.45, 7) is 7.45. The van der Waals surface area contributed by atoms with Gasteiger partial charge in [-0.15, -0.1) is 0 Å². The van der Waals surface area contributed by atoms with E-state index in [0.717, 1.165) is 22.5 Å². The first kappa shape index (κ1) is 29.0. The summed E-state index contributed by atoms with van der Waals surface area (Å²) in [6.07, 6.45) is 1.78. The van der Waals surface area contributed by atoms with Gasteiger partial charge in [0.15, 0.2) is 0 Å². The highest BCUT2D eigenvalue weighted by Gasteiger charge is 2.30. The van der Waals surface area contributed by atoms with Crippen molar-refractivity contribution in [2.24, 2.45) is 0 Å². The van der Waals surface area contributed by atoms with Crippen LogP contribution in [0.3, 0.4) is 0 Å². The van der Waals surface area contributed by atoms with E-state index in [1.54, 1.807) is 56.5 Å². The van der Waals surface area contributed by atoms with Gasteiger partial charge in [0.25, 0.3) is 0 Å². The largest absolute Gasteiger partial charge is 0.497 e. The zero-order chi connectivity index (χ0) is 26.9. The van der Waals surface area contributed by atoms with Gasteiger partial charge >= 0.3 is 0 Å². The van der Waals surface area contributed by atoms with Crippen molar-refractivity contribution in [3.05, 3.63) is 54.1 Å². The summed E-state index contributed by atoms with van der Waals surface area (Å²) in [6, 6.07) is 12.8. The molecule has 198 valence electrons. The molecular formula is C26H37N3O6S. The van der Waals surface area contributed by atoms with Gasteiger partial charge in [-0.1, -0.05) is 19.1 Å². The molecule has 2 atom stereocenters. The fourth-order valence-electron chi connectivity index (χ4n) is 3.50. The summed E-state index contributed by atoms with van der Waals surface area (Å²) < 4.78 is 37.1. The normalized spacial score (nSPS) is 12.8. The molecule has 2 rings (SSSR count). The van der Waals surface area contributed by atoms with E-state index in [-0.39, 0.29) is 18.5 Å². The number of rotatable bonds is 13. The maximum absolute atomic E-state index is 13.6. The molecule has 2 amide bonds. The number of hydrogen-bond acceptors (Lipinski definition) is 6. The summed E-state index contributed by atoms with van der Waals surface area (Å²) in [4.78, 5) is 27.9. The molecule has 0 bridgehead atoms. The van der Waals surface area contributed by atoms with Crippen LogP contribution >= 0.6 is 0 Å². The molecule has 0 saturated carbocycles. The second-order valence-corrected chi connectivity index (χ2v) is 10.5. The zero-order valence-electron chi connectivity index (χ0n) is 21.9. The lowest BCUT2D eigenvalue weighted by atomic mass is 10.1. The highest BCUT2D eigenvalue weighted by molar-refractivity contribution is 7.92. The SMILES string of the molecule is CCOc1ccc(N(CC(=O)N(Cc2cccc(OC)c2)[C@@H](C)C(=O)N[C@H](C)CC)S(C)(=O)=O)cc1. The third-order valence-corrected chi connectivity index (χ3v) is 6.91. The highest BCUT2D eigenvalue weighted by atomic mass is 32.2. The Morgan fingerprint density at radius 2 is 1.69 bits per heavy atom. The first-order chi connectivity index (χ1) is 17.0. The first-order valence-corrected chi connectivity index (χ1v) is 13.8. The lowest BCUT2D eigenvalue weighted by Gasteiger charge is -2.32. The molecule has 0 unspecified atom stereocenters. The number of nitrogens with one attached hydrogen (secondary N) is 1. The van der Waals surface area contributed by atoms with Crippen LogP contribution in [0.25, 0.3) is 0 Å². The molecule has 9 nitrogen and oxygen atoms in total. The Bertz CT molecular complexity index is 1120. The monoisotopic (exact) mass is 519 g/mol. The summed E-state index contributed by atoms with van der Waals surface area (Å²) in [7, 11) is -2.25. The van der Waals surface area contributed by atoms with Crippen LogP contribution in [-0.4, -0.2) is 63.7 Å². The third-order valence-electron chi connectivity index (χ3n) is 5.77. The maximum atomic E-state index is 13.6. The Hall–Kier alpha value is -3.27. The molecule has 1 N–H and O–H groups in total. The smallest absolute Gasteiger partial charge is 0.244 e. The number of nitrogens with zero attached hydrogens (tertiary/aromatic N) is 2. The van der Waals surface area contributed by atoms with Crippen LogP contribution in [0.2, 0.25) is 0 Å². The number of amides is 2. The molecule has 0 saturated heterocycles. The average Bonchev–Trinajstić information content (AvgIpc) is 2.85. The maximum Gasteiger partial charge on any atom is 0.244 e. The number of sulfonamides is 1. The Morgan fingerprint density at radius 1 is 1.03 bits per heavy atom. The van der Waals surface area contributed by atoms with Gasteiger partial charge in [-0.3, -0.25) is 13.9 Å². The van der Waals surface area contributed by atoms with Crippen molar-refractivity contribution in [1.29, 1.82) is 0 Å². The molecule has 0 spiro atoms. The van der Waals surface area contributed by atoms with Gasteiger partial charge in [-0.2, -0.15) is 0 Å². The predicted molar refractivity (Wildman–Crippen MR) is 141 cm³/mol. The van der Waals surface area contributed by atoms with Crippen LogP contribution in [-0.2, 0) is 26.2 Å². The molecule has 2 aromatic carbocycles. The van der Waals surface area contributed by atoms with Crippen molar-refractivity contribution in [3.8, 4) is 11.5 Å². The molecule has 36 heavy (non-hydrogen) atoms. The number of hydrogen-bond donors (Lipinski definition) is 1. The second-order valence-electron chi connectivity index (χ2n) is 8.56. The summed E-state index contributed by atoms with van der Waals surface area (Å²) in [5.41, 5.74) is 1.07. The van der Waals surface area contributed by atoms with Gasteiger partial charge in [-0.05, 0) is 69.2 Å². The minimum absolute atomic E-state index is 0.0647. The first-order valence-electron chi connectivity index (χ1n) is 11.9. The van der Waals surface area contributed by atoms with Crippen molar-refractivity contribution in [2.45, 2.75) is 52.7 Å². The van der Waals surface area contributed by atoms with Gasteiger partial charge in [0.2, 0.25) is 21.8 Å². The molecule has 10 heteroatoms. The van der Waals surface area contributed by atoms with Crippen molar-refractivity contribution < 1.29 is 27.5 Å². The van der Waals surface area contributed by atoms with Crippen molar-refractivity contribution >= 4 is 27.5 Å². The fourth-order valence-corrected chi connectivity index (χ4v) is 4.35. The van der Waals surface area contributed by atoms with E-state index in [4.69, 9.17) is 9.47 Å². The van der Waals surface area contributed by atoms with Crippen LogP contribution in [0.15, 0.2) is 48.5 Å². The summed E-state index contributed by atoms with van der Waals surface area (Å²) >= 11 is 0. The standard InChI is InChI=1S/C26H37N3O6S/c1-7-19(3)27-26(31)20(4)28(17-21-10-9-11-24(16-21)34-5)25(30)18-29(36(6,32)33)22-12-14-23(15-13-22)35-8-2/h9-16,19-20H,7-8,17-18H2,1-6H3,(H,27,31)/t19-,20+/m1/s1. The van der Waals surface area contributed by atoms with E-state index in [2.05, 4.69) is 5.32 Å². The van der Waals surface area contributed by atoms with Gasteiger partial charge in [0, 0.05) is 12.6 Å². The quantitative estimate of drug-likeness (QED) is 0.436. The van der Waals surface area contributed by atoms with E-state index < -0.39 is 28.5 Å². The molecule has 0 fully saturated rings. The average molecular weight is 520 g/mol. The van der Waals surface area contributed by atoms with Gasteiger partial charge in [0.1, 0.15) is 24.1 Å². The molecule has 0 heterocycles. The van der Waals surface area contributed by atoms with Crippen LogP contribution in [0.4, 0.5) is 5.69 Å². The Balaban J connectivity index is 2.38. The van der Waals surface area contributed by atoms with Crippen LogP contribution in [0.5, 0.6) is 11.5 Å². The zero-order valence-corrected chi connectivity index (χ0v) is 22.7. The number of anilines is 1. The second kappa shape index (κ2) is 13.2. The van der Waals surface area contributed by atoms with E-state index in [0.29, 0.717) is 23.8 Å². The number of methoxy groups -OCH3 is 1. The lowest BCUT2D eigenvalue weighted by molar-refractivity contribution is -0.139. The Morgan fingerprint density at radius 3 is 2.25 bits per heavy atom. The van der Waals surface area contributed by atoms with Crippen LogP contribution in [0, 0.1) is 0 Å². The van der Waals surface area contributed by atoms with Gasteiger partial charge in [-0.25, -0.2) is 8.42 Å². The van der Waals surface area contributed by atoms with E-state index in [9.17, 15) is 18.0 Å². The van der Waals surface area contributed by atoms with E-state index >= 15 is 0 Å². The number of carbonyl (C=O) groups is 2. The molecule has 0 aliphatic carbocycles. The Labute approximate surface area is 214 Å². The van der Waals surface area contributed by atoms with Crippen LogP contribution < -0.4 is 19.1 Å². The van der Waals surface area contributed by atoms with Crippen molar-refractivity contribution in [3.63, 3.8) is 0 Å². The fraction of sp³-hybridized carbons (Fsp3) is 0.462. The number of benzene rings is 2. The minimum Gasteiger partial charge on any atom is -0.497 e. The topological polar surface area (TPSA) is 105 Å². The number of carbonyl (C=O) groups excluding carboxylic acids is 2. The van der Waals surface area contributed by atoms with Crippen molar-refractivity contribution in [1.82, 2.24) is 10.2 Å². The van der Waals surface area contributed by atoms with Crippen molar-refractivity contribution in [2.75, 3.05) is 30.8 Å². The molecule has 0 aliphatic heterocycles. The predicted octanol–water partition coefficient (Wildman–Crippen LogP) is 3.19. The molecule has 0 aromatic heterocycles. The number of ether oxygens (including phenoxy) is 2. The minimum atomic E-state index is -3.80. The molecule has 2 aromatic rings. The van der Waals surface area contributed by atoms with Gasteiger partial charge < -0.3 is 19.7 Å². The molecule has 0 aliphatic rings. The molecule has 0 radical (unpaired) electrons. The molecular weight excluding hydrogens is 482 g/mol. The lowest BCUT2D eigenvalue weighted by Crippen LogP contribution is -2.52. The highest BCUT2D eigenvalue weighted by Crippen LogP contribution is 2.23. The summed E-state index contributed by atoms with van der Waals surface area (Å²) in [5.74, 6) is 0.385. The van der Waals surface area contributed by atoms with E-state index in [1.807, 2.05) is 26.8 Å². The van der Waals surface area contributed by atoms with Crippen LogP contribution in [0.1, 0.15) is 39.7 Å².